The van der Waals surface area contributed by atoms with Gasteiger partial charge in [0.25, 0.3) is 0 Å². The predicted molar refractivity (Wildman–Crippen MR) is 119 cm³/mol. The average molecular weight is 436 g/mol. The Hall–Kier alpha value is -3.16. The lowest BCUT2D eigenvalue weighted by molar-refractivity contribution is -0.113. The van der Waals surface area contributed by atoms with Gasteiger partial charge in [-0.1, -0.05) is 71.9 Å². The summed E-state index contributed by atoms with van der Waals surface area (Å²) >= 11 is 7.21. The summed E-state index contributed by atoms with van der Waals surface area (Å²) in [7, 11) is 0. The van der Waals surface area contributed by atoms with E-state index in [0.29, 0.717) is 10.2 Å². The number of hydrogen-bond donors (Lipinski definition) is 1. The van der Waals surface area contributed by atoms with Crippen molar-refractivity contribution in [1.82, 2.24) is 20.2 Å². The Morgan fingerprint density at radius 3 is 2.50 bits per heavy atom. The minimum atomic E-state index is -0.119. The Kier molecular flexibility index (Phi) is 6.41. The first-order chi connectivity index (χ1) is 14.7. The second-order valence-corrected chi connectivity index (χ2v) is 7.88. The predicted octanol–water partition coefficient (Wildman–Crippen LogP) is 4.64. The van der Waals surface area contributed by atoms with Crippen molar-refractivity contribution in [3.63, 3.8) is 0 Å². The van der Waals surface area contributed by atoms with Crippen molar-refractivity contribution in [2.75, 3.05) is 11.1 Å². The molecule has 0 saturated heterocycles. The van der Waals surface area contributed by atoms with Gasteiger partial charge in [0, 0.05) is 10.7 Å². The highest BCUT2D eigenvalue weighted by atomic mass is 35.5. The number of tetrazole rings is 1. The van der Waals surface area contributed by atoms with E-state index in [0.717, 1.165) is 23.4 Å². The van der Waals surface area contributed by atoms with Gasteiger partial charge in [0.15, 0.2) is 0 Å². The average Bonchev–Trinajstić information content (AvgIpc) is 3.24. The molecule has 0 radical (unpaired) electrons. The van der Waals surface area contributed by atoms with E-state index in [-0.39, 0.29) is 11.7 Å². The molecule has 6 nitrogen and oxygen atoms in total. The number of aromatic nitrogens is 4. The largest absolute Gasteiger partial charge is 0.325 e. The van der Waals surface area contributed by atoms with E-state index < -0.39 is 0 Å². The van der Waals surface area contributed by atoms with Crippen LogP contribution in [0.5, 0.6) is 0 Å². The van der Waals surface area contributed by atoms with Gasteiger partial charge in [-0.25, -0.2) is 0 Å². The molecule has 0 bridgehead atoms. The van der Waals surface area contributed by atoms with Gasteiger partial charge in [-0.3, -0.25) is 4.79 Å². The van der Waals surface area contributed by atoms with E-state index in [9.17, 15) is 4.79 Å². The van der Waals surface area contributed by atoms with Crippen LogP contribution in [0.1, 0.15) is 11.1 Å². The maximum absolute atomic E-state index is 12.6. The molecule has 1 heterocycles. The zero-order chi connectivity index (χ0) is 20.8. The topological polar surface area (TPSA) is 72.7 Å². The molecule has 0 aliphatic carbocycles. The van der Waals surface area contributed by atoms with Gasteiger partial charge in [-0.2, -0.15) is 4.68 Å². The molecule has 30 heavy (non-hydrogen) atoms. The highest BCUT2D eigenvalue weighted by molar-refractivity contribution is 7.99. The van der Waals surface area contributed by atoms with E-state index >= 15 is 0 Å². The van der Waals surface area contributed by atoms with Crippen LogP contribution < -0.4 is 5.32 Å². The van der Waals surface area contributed by atoms with Gasteiger partial charge in [0.05, 0.1) is 11.4 Å². The van der Waals surface area contributed by atoms with Gasteiger partial charge in [-0.05, 0) is 58.3 Å². The number of anilines is 1. The highest BCUT2D eigenvalue weighted by Gasteiger charge is 2.13. The first-order valence-electron chi connectivity index (χ1n) is 9.28. The summed E-state index contributed by atoms with van der Waals surface area (Å²) in [5, 5.41) is 15.9. The summed E-state index contributed by atoms with van der Waals surface area (Å²) in [6.07, 6.45) is 0.749. The van der Waals surface area contributed by atoms with Gasteiger partial charge in [0.2, 0.25) is 11.1 Å². The van der Waals surface area contributed by atoms with Gasteiger partial charge in [-0.15, -0.1) is 5.10 Å². The summed E-state index contributed by atoms with van der Waals surface area (Å²) in [6.45, 7) is 0. The third-order valence-corrected chi connectivity index (χ3v) is 5.54. The molecule has 150 valence electrons. The molecule has 0 fully saturated rings. The number of carbonyl (C=O) groups excluding carboxylic acids is 1. The van der Waals surface area contributed by atoms with Crippen molar-refractivity contribution in [3.05, 3.63) is 95.0 Å². The summed E-state index contributed by atoms with van der Waals surface area (Å²) in [5.74, 6) is 0.0688. The Morgan fingerprint density at radius 1 is 0.967 bits per heavy atom. The maximum atomic E-state index is 12.6. The third-order valence-electron chi connectivity index (χ3n) is 4.37. The first-order valence-corrected chi connectivity index (χ1v) is 10.6. The van der Waals surface area contributed by atoms with E-state index in [1.807, 2.05) is 54.6 Å². The fraction of sp³-hybridized carbons (Fsp3) is 0.0909. The number of para-hydroxylation sites is 1. The summed E-state index contributed by atoms with van der Waals surface area (Å²) in [5.41, 5.74) is 3.84. The van der Waals surface area contributed by atoms with Crippen LogP contribution in [0.4, 0.5) is 5.69 Å². The maximum Gasteiger partial charge on any atom is 0.234 e. The molecule has 0 saturated carbocycles. The van der Waals surface area contributed by atoms with Crippen molar-refractivity contribution in [3.8, 4) is 5.69 Å². The number of hydrogen-bond acceptors (Lipinski definition) is 5. The van der Waals surface area contributed by atoms with Crippen molar-refractivity contribution in [2.24, 2.45) is 0 Å². The van der Waals surface area contributed by atoms with Gasteiger partial charge in [0.1, 0.15) is 0 Å². The van der Waals surface area contributed by atoms with E-state index in [1.165, 1.54) is 17.3 Å². The molecular formula is C22H18ClN5OS. The van der Waals surface area contributed by atoms with Gasteiger partial charge >= 0.3 is 0 Å². The van der Waals surface area contributed by atoms with Crippen molar-refractivity contribution >= 4 is 35.0 Å². The molecule has 0 spiro atoms. The number of amides is 1. The lowest BCUT2D eigenvalue weighted by Crippen LogP contribution is -2.16. The number of carbonyl (C=O) groups is 1. The molecule has 1 aromatic heterocycles. The number of rotatable bonds is 7. The number of halogens is 1. The lowest BCUT2D eigenvalue weighted by Gasteiger charge is -2.11. The molecule has 0 aliphatic heterocycles. The standard InChI is InChI=1S/C22H18ClN5OS/c23-18-10-12-19(13-11-18)28-22(25-26-27-28)30-15-21(29)24-20-9-5-4-8-17(20)14-16-6-2-1-3-7-16/h1-13H,14-15H2,(H,24,29). The molecule has 1 N–H and O–H groups in total. The molecule has 4 rings (SSSR count). The fourth-order valence-corrected chi connectivity index (χ4v) is 3.76. The Balaban J connectivity index is 1.41. The molecule has 0 aliphatic rings. The number of thioether (sulfide) groups is 1. The van der Waals surface area contributed by atoms with Crippen LogP contribution in [0.2, 0.25) is 5.02 Å². The number of nitrogens with zero attached hydrogens (tertiary/aromatic N) is 4. The highest BCUT2D eigenvalue weighted by Crippen LogP contribution is 2.22. The smallest absolute Gasteiger partial charge is 0.234 e. The van der Waals surface area contributed by atoms with Crippen molar-refractivity contribution in [2.45, 2.75) is 11.6 Å². The van der Waals surface area contributed by atoms with Crippen LogP contribution in [0.25, 0.3) is 5.69 Å². The quantitative estimate of drug-likeness (QED) is 0.428. The van der Waals surface area contributed by atoms with E-state index in [1.54, 1.807) is 16.8 Å². The zero-order valence-corrected chi connectivity index (χ0v) is 17.5. The minimum absolute atomic E-state index is 0.119. The molecule has 1 amide bonds. The molecule has 0 unspecified atom stereocenters. The molecule has 0 atom stereocenters. The third kappa shape index (κ3) is 5.06. The summed E-state index contributed by atoms with van der Waals surface area (Å²) in [6, 6.07) is 25.2. The second-order valence-electron chi connectivity index (χ2n) is 6.51. The summed E-state index contributed by atoms with van der Waals surface area (Å²) < 4.78 is 1.58. The van der Waals surface area contributed by atoms with Crippen LogP contribution in [0.15, 0.2) is 84.0 Å². The van der Waals surface area contributed by atoms with E-state index in [2.05, 4.69) is 33.0 Å². The first kappa shape index (κ1) is 20.1. The summed E-state index contributed by atoms with van der Waals surface area (Å²) in [4.78, 5) is 12.6. The number of benzene rings is 3. The Morgan fingerprint density at radius 2 is 1.70 bits per heavy atom. The van der Waals surface area contributed by atoms with Crippen LogP contribution in [-0.2, 0) is 11.2 Å². The van der Waals surface area contributed by atoms with Crippen LogP contribution in [-0.4, -0.2) is 31.9 Å². The van der Waals surface area contributed by atoms with Crippen LogP contribution in [0.3, 0.4) is 0 Å². The monoisotopic (exact) mass is 435 g/mol. The minimum Gasteiger partial charge on any atom is -0.325 e. The van der Waals surface area contributed by atoms with Crippen LogP contribution in [0, 0.1) is 0 Å². The van der Waals surface area contributed by atoms with Crippen molar-refractivity contribution in [1.29, 1.82) is 0 Å². The Labute approximate surface area is 183 Å². The normalized spacial score (nSPS) is 10.7. The zero-order valence-electron chi connectivity index (χ0n) is 15.9. The van der Waals surface area contributed by atoms with Gasteiger partial charge < -0.3 is 5.32 Å². The molecular weight excluding hydrogens is 418 g/mol. The van der Waals surface area contributed by atoms with E-state index in [4.69, 9.17) is 11.6 Å². The van der Waals surface area contributed by atoms with Crippen LogP contribution >= 0.6 is 23.4 Å². The second kappa shape index (κ2) is 9.56. The lowest BCUT2D eigenvalue weighted by atomic mass is 10.0. The van der Waals surface area contributed by atoms with Crippen molar-refractivity contribution < 1.29 is 4.79 Å². The molecule has 8 heteroatoms. The molecule has 4 aromatic rings. The fourth-order valence-electron chi connectivity index (χ4n) is 2.94. The molecule has 3 aromatic carbocycles. The SMILES string of the molecule is O=C(CSc1nnnn1-c1ccc(Cl)cc1)Nc1ccccc1Cc1ccccc1. The Bertz CT molecular complexity index is 1130. The number of nitrogens with one attached hydrogen (secondary N) is 1.